The second-order valence-corrected chi connectivity index (χ2v) is 12.3. The molecule has 0 amide bonds. The van der Waals surface area contributed by atoms with E-state index >= 15 is 0 Å². The van der Waals surface area contributed by atoms with Gasteiger partial charge in [-0.2, -0.15) is 9.04 Å². The van der Waals surface area contributed by atoms with Crippen molar-refractivity contribution in [2.45, 2.75) is 29.5 Å². The molecule has 6 rings (SSSR count). The van der Waals surface area contributed by atoms with Gasteiger partial charge in [0.2, 0.25) is 15.8 Å². The van der Waals surface area contributed by atoms with Gasteiger partial charge >= 0.3 is 0 Å². The molecule has 2 aliphatic heterocycles. The topological polar surface area (TPSA) is 139 Å². The molecule has 2 saturated heterocycles. The minimum atomic E-state index is -3.86. The minimum Gasteiger partial charge on any atom is -0.619 e. The largest absolute Gasteiger partial charge is 0.619 e. The monoisotopic (exact) mass is 565 g/mol. The van der Waals surface area contributed by atoms with Crippen molar-refractivity contribution in [1.29, 1.82) is 0 Å². The van der Waals surface area contributed by atoms with Crippen molar-refractivity contribution in [2.75, 3.05) is 13.1 Å². The molecule has 0 aliphatic carbocycles. The number of aliphatic hydroxyl groups is 1. The second kappa shape index (κ2) is 9.92. The summed E-state index contributed by atoms with van der Waals surface area (Å²) in [5.74, 6) is -1.44. The molecule has 12 heteroatoms. The highest BCUT2D eigenvalue weighted by Gasteiger charge is 2.48. The van der Waals surface area contributed by atoms with Gasteiger partial charge in [-0.25, -0.2) is 18.4 Å². The third-order valence-corrected chi connectivity index (χ3v) is 9.43. The molecule has 2 aromatic carbocycles. The van der Waals surface area contributed by atoms with E-state index in [1.807, 2.05) is 0 Å². The molecule has 200 valence electrons. The number of carbonyl (C=O) groups excluding carboxylic acids is 1. The van der Waals surface area contributed by atoms with Crippen LogP contribution in [0, 0.1) is 11.1 Å². The summed E-state index contributed by atoms with van der Waals surface area (Å²) in [6.07, 6.45) is 4.93. The zero-order valence-electron chi connectivity index (χ0n) is 20.5. The van der Waals surface area contributed by atoms with Crippen LogP contribution in [0.1, 0.15) is 17.0 Å². The van der Waals surface area contributed by atoms with Crippen LogP contribution in [0.3, 0.4) is 0 Å². The standard InChI is InChI=1S/C27H24ClN5O5S/c28-20-3-1-18-10-22(4-2-17(18)9-20)39(37,38)33-14-21-11-24(34)25(23(15-33)31-21)26(35)27-29-12-19(13-30-27)16-5-7-32(36)8-6-16/h1-10,12-13,21,23-25,31,34H,11,14-15H2. The number of piperidine rings is 1. The molecule has 0 saturated carbocycles. The molecule has 4 aromatic rings. The zero-order chi connectivity index (χ0) is 27.3. The quantitative estimate of drug-likeness (QED) is 0.213. The van der Waals surface area contributed by atoms with Gasteiger partial charge in [-0.1, -0.05) is 23.7 Å². The number of fused-ring (bicyclic) bond motifs is 3. The molecule has 39 heavy (non-hydrogen) atoms. The highest BCUT2D eigenvalue weighted by atomic mass is 35.5. The van der Waals surface area contributed by atoms with Crippen LogP contribution in [0.5, 0.6) is 0 Å². The van der Waals surface area contributed by atoms with Crippen LogP contribution in [0.4, 0.5) is 0 Å². The number of nitrogens with one attached hydrogen (secondary N) is 1. The smallest absolute Gasteiger partial charge is 0.243 e. The average molecular weight is 566 g/mol. The van der Waals surface area contributed by atoms with E-state index in [1.165, 1.54) is 29.1 Å². The molecule has 2 N–H and O–H groups in total. The highest BCUT2D eigenvalue weighted by molar-refractivity contribution is 7.89. The Morgan fingerprint density at radius 2 is 1.72 bits per heavy atom. The number of hydrogen-bond acceptors (Lipinski definition) is 8. The van der Waals surface area contributed by atoms with E-state index in [0.717, 1.165) is 10.8 Å². The molecule has 2 aliphatic rings. The fourth-order valence-corrected chi connectivity index (χ4v) is 7.16. The summed E-state index contributed by atoms with van der Waals surface area (Å²) in [5, 5.41) is 27.6. The van der Waals surface area contributed by atoms with Gasteiger partial charge in [0.15, 0.2) is 18.2 Å². The van der Waals surface area contributed by atoms with Crippen LogP contribution in [0.15, 0.2) is 78.2 Å². The molecule has 4 unspecified atom stereocenters. The number of Topliss-reactive ketones (excluding diaryl/α,β-unsaturated/α-hetero) is 1. The minimum absolute atomic E-state index is 0.0161. The van der Waals surface area contributed by atoms with E-state index in [-0.39, 0.29) is 36.3 Å². The van der Waals surface area contributed by atoms with Crippen molar-refractivity contribution in [2.24, 2.45) is 5.92 Å². The van der Waals surface area contributed by atoms with Crippen molar-refractivity contribution in [3.05, 3.63) is 89.4 Å². The lowest BCUT2D eigenvalue weighted by Gasteiger charge is -2.47. The molecule has 4 atom stereocenters. The lowest BCUT2D eigenvalue weighted by molar-refractivity contribution is -0.605. The number of ketones is 1. The van der Waals surface area contributed by atoms with E-state index in [2.05, 4.69) is 15.3 Å². The van der Waals surface area contributed by atoms with E-state index in [1.54, 1.807) is 48.5 Å². The Hall–Kier alpha value is -3.48. The summed E-state index contributed by atoms with van der Waals surface area (Å²) >= 11 is 6.06. The molecule has 2 fully saturated rings. The molecule has 2 aromatic heterocycles. The number of pyridine rings is 1. The van der Waals surface area contributed by atoms with E-state index in [9.17, 15) is 23.5 Å². The van der Waals surface area contributed by atoms with Crippen molar-refractivity contribution in [1.82, 2.24) is 19.6 Å². The molecule has 4 heterocycles. The first-order valence-corrected chi connectivity index (χ1v) is 14.2. The molecule has 0 radical (unpaired) electrons. The van der Waals surface area contributed by atoms with E-state index in [0.29, 0.717) is 20.9 Å². The summed E-state index contributed by atoms with van der Waals surface area (Å²) in [5.41, 5.74) is 1.34. The Morgan fingerprint density at radius 1 is 1.03 bits per heavy atom. The number of sulfonamides is 1. The number of halogens is 1. The molecule has 10 nitrogen and oxygen atoms in total. The van der Waals surface area contributed by atoms with Gasteiger partial charge in [-0.15, -0.1) is 0 Å². The van der Waals surface area contributed by atoms with Crippen LogP contribution >= 0.6 is 11.6 Å². The van der Waals surface area contributed by atoms with Crippen molar-refractivity contribution in [3.63, 3.8) is 0 Å². The molecule has 0 spiro atoms. The van der Waals surface area contributed by atoms with Gasteiger partial charge in [0.1, 0.15) is 0 Å². The Morgan fingerprint density at radius 3 is 2.46 bits per heavy atom. The van der Waals surface area contributed by atoms with Crippen molar-refractivity contribution >= 4 is 38.2 Å². The zero-order valence-corrected chi connectivity index (χ0v) is 22.1. The van der Waals surface area contributed by atoms with E-state index < -0.39 is 33.9 Å². The Labute approximate surface area is 229 Å². The van der Waals surface area contributed by atoms with Crippen molar-refractivity contribution < 1.29 is 23.0 Å². The maximum Gasteiger partial charge on any atom is 0.243 e. The third kappa shape index (κ3) is 4.88. The summed E-state index contributed by atoms with van der Waals surface area (Å²) < 4.78 is 29.3. The van der Waals surface area contributed by atoms with Gasteiger partial charge in [0, 0.05) is 60.3 Å². The third-order valence-electron chi connectivity index (χ3n) is 7.37. The maximum absolute atomic E-state index is 13.6. The first-order chi connectivity index (χ1) is 18.7. The Bertz CT molecular complexity index is 1660. The van der Waals surface area contributed by atoms with Crippen LogP contribution in [-0.2, 0) is 10.0 Å². The van der Waals surface area contributed by atoms with Gasteiger partial charge in [0.05, 0.1) is 16.9 Å². The molecular weight excluding hydrogens is 542 g/mol. The van der Waals surface area contributed by atoms with Crippen LogP contribution < -0.4 is 10.0 Å². The number of rotatable bonds is 5. The summed E-state index contributed by atoms with van der Waals surface area (Å²) in [4.78, 5) is 22.0. The van der Waals surface area contributed by atoms with Crippen LogP contribution in [0.2, 0.25) is 5.02 Å². The fraction of sp³-hybridized carbons (Fsp3) is 0.259. The van der Waals surface area contributed by atoms with E-state index in [4.69, 9.17) is 11.6 Å². The summed E-state index contributed by atoms with van der Waals surface area (Å²) in [7, 11) is -3.86. The highest BCUT2D eigenvalue weighted by Crippen LogP contribution is 2.32. The lowest BCUT2D eigenvalue weighted by atomic mass is 9.80. The van der Waals surface area contributed by atoms with Gasteiger partial charge in [-0.05, 0) is 47.0 Å². The summed E-state index contributed by atoms with van der Waals surface area (Å²) in [6, 6.07) is 12.5. The number of aromatic nitrogens is 3. The van der Waals surface area contributed by atoms with Crippen molar-refractivity contribution in [3.8, 4) is 11.1 Å². The predicted molar refractivity (Wildman–Crippen MR) is 143 cm³/mol. The number of benzene rings is 2. The first-order valence-electron chi connectivity index (χ1n) is 12.4. The molecule has 2 bridgehead atoms. The first kappa shape index (κ1) is 25.8. The number of hydrogen-bond donors (Lipinski definition) is 2. The Kier molecular flexibility index (Phi) is 6.56. The summed E-state index contributed by atoms with van der Waals surface area (Å²) in [6.45, 7) is 0.198. The predicted octanol–water partition coefficient (Wildman–Crippen LogP) is 2.18. The lowest BCUT2D eigenvalue weighted by Crippen LogP contribution is -2.67. The van der Waals surface area contributed by atoms with Crippen LogP contribution in [-0.4, -0.2) is 64.9 Å². The normalized spacial score (nSPS) is 23.5. The number of nitrogens with zero attached hydrogens (tertiary/aromatic N) is 4. The number of carbonyl (C=O) groups is 1. The maximum atomic E-state index is 13.6. The average Bonchev–Trinajstić information content (AvgIpc) is 2.92. The molecular formula is C27H24ClN5O5S. The van der Waals surface area contributed by atoms with Gasteiger partial charge < -0.3 is 15.6 Å². The number of aliphatic hydroxyl groups excluding tert-OH is 1. The van der Waals surface area contributed by atoms with Gasteiger partial charge in [0.25, 0.3) is 0 Å². The number of piperazine rings is 1. The second-order valence-electron chi connectivity index (χ2n) is 9.88. The van der Waals surface area contributed by atoms with Gasteiger partial charge in [-0.3, -0.25) is 4.79 Å². The SMILES string of the molecule is O=C(c1ncc(-c2cc[n+]([O-])cc2)cn1)C1C(O)CC2CN(S(=O)(=O)c3ccc4cc(Cl)ccc4c3)CC1N2. The fourth-order valence-electron chi connectivity index (χ4n) is 5.43. The van der Waals surface area contributed by atoms with Crippen LogP contribution in [0.25, 0.3) is 21.9 Å². The Balaban J connectivity index is 1.24.